The van der Waals surface area contributed by atoms with Crippen LogP contribution in [0.3, 0.4) is 0 Å². The summed E-state index contributed by atoms with van der Waals surface area (Å²) >= 11 is 0. The number of aryl methyl sites for hydroxylation is 1. The maximum absolute atomic E-state index is 12.4. The average Bonchev–Trinajstić information content (AvgIpc) is 3.06. The Balaban J connectivity index is 1.90. The molecule has 1 heterocycles. The van der Waals surface area contributed by atoms with Crippen LogP contribution in [0.1, 0.15) is 204 Å². The van der Waals surface area contributed by atoms with Gasteiger partial charge in [0.15, 0.2) is 12.4 Å². The highest BCUT2D eigenvalue weighted by molar-refractivity contribution is 5.88. The van der Waals surface area contributed by atoms with Crippen molar-refractivity contribution in [1.82, 2.24) is 0 Å². The molecule has 0 aliphatic heterocycles. The molecule has 0 N–H and O–H groups in total. The molecule has 258 valence electrons. The third-order valence-corrected chi connectivity index (χ3v) is 8.94. The monoisotopic (exact) mass is 625 g/mol. The first-order valence-corrected chi connectivity index (χ1v) is 19.7. The van der Waals surface area contributed by atoms with Crippen molar-refractivity contribution in [2.45, 2.75) is 200 Å². The normalized spacial score (nSPS) is 11.7. The van der Waals surface area contributed by atoms with Crippen molar-refractivity contribution >= 4 is 5.97 Å². The van der Waals surface area contributed by atoms with Gasteiger partial charge in [-0.05, 0) is 64.2 Å². The van der Waals surface area contributed by atoms with E-state index in [9.17, 15) is 4.79 Å². The molecule has 0 amide bonds. The van der Waals surface area contributed by atoms with E-state index in [0.717, 1.165) is 19.4 Å². The first-order chi connectivity index (χ1) is 22.3. The quantitative estimate of drug-likeness (QED) is 0.0337. The fraction of sp³-hybridized carbons (Fsp3) is 0.762. The van der Waals surface area contributed by atoms with Crippen molar-refractivity contribution in [3.63, 3.8) is 0 Å². The van der Waals surface area contributed by atoms with Crippen LogP contribution < -0.4 is 4.57 Å². The largest absolute Gasteiger partial charge is 0.462 e. The maximum atomic E-state index is 12.4. The Kier molecular flexibility index (Phi) is 30.6. The van der Waals surface area contributed by atoms with Crippen LogP contribution in [-0.2, 0) is 11.3 Å². The molecule has 0 fully saturated rings. The number of allylic oxidation sites excluding steroid dienone is 4. The van der Waals surface area contributed by atoms with Gasteiger partial charge in [-0.1, -0.05) is 147 Å². The molecule has 3 nitrogen and oxygen atoms in total. The Morgan fingerprint density at radius 3 is 1.29 bits per heavy atom. The lowest BCUT2D eigenvalue weighted by atomic mass is 10.1. The molecule has 1 aromatic heterocycles. The van der Waals surface area contributed by atoms with Crippen LogP contribution in [0, 0.1) is 0 Å². The van der Waals surface area contributed by atoms with Gasteiger partial charge in [0.05, 0.1) is 12.2 Å². The lowest BCUT2D eigenvalue weighted by molar-refractivity contribution is -0.697. The molecular formula is C42H74NO2+. The molecule has 0 spiro atoms. The van der Waals surface area contributed by atoms with Gasteiger partial charge in [0.25, 0.3) is 0 Å². The van der Waals surface area contributed by atoms with Gasteiger partial charge in [0.1, 0.15) is 6.54 Å². The van der Waals surface area contributed by atoms with E-state index in [0.29, 0.717) is 12.2 Å². The van der Waals surface area contributed by atoms with Gasteiger partial charge >= 0.3 is 5.97 Å². The number of carbonyl (C=O) groups excluding carboxylic acids is 1. The number of unbranched alkanes of at least 4 members (excludes halogenated alkanes) is 24. The highest BCUT2D eigenvalue weighted by Crippen LogP contribution is 2.12. The second-order valence-corrected chi connectivity index (χ2v) is 13.3. The van der Waals surface area contributed by atoms with E-state index >= 15 is 0 Å². The SMILES string of the molecule is CCCCCCCC/C=C\CCCCCCCC[n+]1ccc(C(=O)OCCCCCCCC/C=C/CCCCCCCC)cc1. The van der Waals surface area contributed by atoms with Crippen molar-refractivity contribution in [2.24, 2.45) is 0 Å². The van der Waals surface area contributed by atoms with Gasteiger partial charge in [0, 0.05) is 18.6 Å². The van der Waals surface area contributed by atoms with Crippen molar-refractivity contribution in [3.05, 3.63) is 54.4 Å². The standard InChI is InChI=1S/C42H74NO2/c1-3-5-7-9-11-13-15-17-19-21-23-25-27-29-31-33-37-43-38-35-41(36-39-43)42(44)45-40-34-32-30-28-26-24-22-20-18-16-14-12-10-8-6-4-2/h17-20,35-36,38-39H,3-16,21-34,37,40H2,1-2H3/q+1/b19-17-,20-18+. The number of carbonyl (C=O) groups is 1. The van der Waals surface area contributed by atoms with E-state index in [1.165, 1.54) is 167 Å². The summed E-state index contributed by atoms with van der Waals surface area (Å²) in [6.07, 6.45) is 50.3. The first kappa shape index (κ1) is 41.1. The number of aromatic nitrogens is 1. The summed E-state index contributed by atoms with van der Waals surface area (Å²) in [5.41, 5.74) is 0.664. The maximum Gasteiger partial charge on any atom is 0.338 e. The van der Waals surface area contributed by atoms with E-state index in [1.807, 2.05) is 24.5 Å². The van der Waals surface area contributed by atoms with Gasteiger partial charge in [-0.25, -0.2) is 9.36 Å². The van der Waals surface area contributed by atoms with Crippen LogP contribution in [0.4, 0.5) is 0 Å². The fourth-order valence-electron chi connectivity index (χ4n) is 5.88. The summed E-state index contributed by atoms with van der Waals surface area (Å²) in [7, 11) is 0. The summed E-state index contributed by atoms with van der Waals surface area (Å²) < 4.78 is 7.71. The number of pyridine rings is 1. The number of hydrogen-bond acceptors (Lipinski definition) is 2. The zero-order valence-electron chi connectivity index (χ0n) is 30.1. The van der Waals surface area contributed by atoms with Crippen molar-refractivity contribution in [2.75, 3.05) is 6.61 Å². The van der Waals surface area contributed by atoms with Gasteiger partial charge in [-0.2, -0.15) is 0 Å². The highest BCUT2D eigenvalue weighted by atomic mass is 16.5. The second kappa shape index (κ2) is 33.5. The third kappa shape index (κ3) is 28.1. The molecule has 0 bridgehead atoms. The number of nitrogens with zero attached hydrogens (tertiary/aromatic N) is 1. The van der Waals surface area contributed by atoms with E-state index in [2.05, 4.69) is 42.7 Å². The van der Waals surface area contributed by atoms with Crippen LogP contribution in [0.15, 0.2) is 48.8 Å². The van der Waals surface area contributed by atoms with Crippen LogP contribution in [-0.4, -0.2) is 12.6 Å². The van der Waals surface area contributed by atoms with E-state index in [4.69, 9.17) is 4.74 Å². The Labute approximate surface area is 280 Å². The van der Waals surface area contributed by atoms with Crippen LogP contribution in [0.25, 0.3) is 0 Å². The predicted molar refractivity (Wildman–Crippen MR) is 196 cm³/mol. The molecule has 1 aromatic rings. The number of esters is 1. The predicted octanol–water partition coefficient (Wildman–Crippen LogP) is 13.2. The molecule has 0 saturated heterocycles. The van der Waals surface area contributed by atoms with Gasteiger partial charge in [-0.15, -0.1) is 0 Å². The minimum atomic E-state index is -0.188. The Morgan fingerprint density at radius 2 is 0.867 bits per heavy atom. The molecule has 0 atom stereocenters. The number of rotatable bonds is 33. The fourth-order valence-corrected chi connectivity index (χ4v) is 5.88. The van der Waals surface area contributed by atoms with Gasteiger partial charge < -0.3 is 4.74 Å². The Bertz CT molecular complexity index is 812. The van der Waals surface area contributed by atoms with Crippen LogP contribution in [0.5, 0.6) is 0 Å². The summed E-state index contributed by atoms with van der Waals surface area (Å²) in [6.45, 7) is 6.11. The second-order valence-electron chi connectivity index (χ2n) is 13.3. The topological polar surface area (TPSA) is 30.2 Å². The van der Waals surface area contributed by atoms with Gasteiger partial charge in [-0.3, -0.25) is 0 Å². The molecule has 0 aliphatic carbocycles. The molecular weight excluding hydrogens is 550 g/mol. The molecule has 0 saturated carbocycles. The molecule has 0 aliphatic rings. The van der Waals surface area contributed by atoms with E-state index in [1.54, 1.807) is 0 Å². The lowest BCUT2D eigenvalue weighted by Crippen LogP contribution is -2.32. The number of hydrogen-bond donors (Lipinski definition) is 0. The molecule has 1 rings (SSSR count). The minimum Gasteiger partial charge on any atom is -0.462 e. The Hall–Kier alpha value is -1.90. The van der Waals surface area contributed by atoms with Crippen molar-refractivity contribution in [3.8, 4) is 0 Å². The van der Waals surface area contributed by atoms with Crippen LogP contribution in [0.2, 0.25) is 0 Å². The van der Waals surface area contributed by atoms with Gasteiger partial charge in [0.2, 0.25) is 0 Å². The van der Waals surface area contributed by atoms with E-state index in [-0.39, 0.29) is 5.97 Å². The molecule has 3 heteroatoms. The zero-order chi connectivity index (χ0) is 32.3. The summed E-state index contributed by atoms with van der Waals surface area (Å²) in [5, 5.41) is 0. The minimum absolute atomic E-state index is 0.188. The van der Waals surface area contributed by atoms with Crippen molar-refractivity contribution < 1.29 is 14.1 Å². The Morgan fingerprint density at radius 1 is 0.511 bits per heavy atom. The van der Waals surface area contributed by atoms with Crippen LogP contribution >= 0.6 is 0 Å². The smallest absolute Gasteiger partial charge is 0.338 e. The first-order valence-electron chi connectivity index (χ1n) is 19.7. The molecule has 45 heavy (non-hydrogen) atoms. The third-order valence-electron chi connectivity index (χ3n) is 8.94. The van der Waals surface area contributed by atoms with E-state index < -0.39 is 0 Å². The number of ether oxygens (including phenoxy) is 1. The summed E-state index contributed by atoms with van der Waals surface area (Å²) in [5.74, 6) is -0.188. The lowest BCUT2D eigenvalue weighted by Gasteiger charge is -2.05. The summed E-state index contributed by atoms with van der Waals surface area (Å²) in [4.78, 5) is 12.4. The average molecular weight is 625 g/mol. The highest BCUT2D eigenvalue weighted by Gasteiger charge is 2.09. The zero-order valence-corrected chi connectivity index (χ0v) is 30.1. The van der Waals surface area contributed by atoms with Crippen molar-refractivity contribution in [1.29, 1.82) is 0 Å². The molecule has 0 radical (unpaired) electrons. The molecule has 0 aromatic carbocycles. The summed E-state index contributed by atoms with van der Waals surface area (Å²) in [6, 6.07) is 3.81. The molecule has 0 unspecified atom stereocenters.